The summed E-state index contributed by atoms with van der Waals surface area (Å²) >= 11 is 0. The minimum Gasteiger partial charge on any atom is -0.496 e. The van der Waals surface area contributed by atoms with E-state index < -0.39 is 0 Å². The van der Waals surface area contributed by atoms with Crippen LogP contribution in [-0.2, 0) is 6.54 Å². The third kappa shape index (κ3) is 2.86. The molecule has 7 heteroatoms. The highest BCUT2D eigenvalue weighted by Crippen LogP contribution is 2.37. The monoisotopic (exact) mass is 399 g/mol. The predicted molar refractivity (Wildman–Crippen MR) is 114 cm³/mol. The van der Waals surface area contributed by atoms with Crippen LogP contribution in [0.15, 0.2) is 61.2 Å². The van der Waals surface area contributed by atoms with E-state index in [0.717, 1.165) is 34.1 Å². The molecule has 0 aliphatic rings. The van der Waals surface area contributed by atoms with E-state index in [4.69, 9.17) is 4.74 Å². The fraction of sp³-hybridized carbons (Fsp3) is 0.130. The molecule has 3 aromatic heterocycles. The molecule has 30 heavy (non-hydrogen) atoms. The Morgan fingerprint density at radius 3 is 2.77 bits per heavy atom. The molecule has 5 aromatic rings. The van der Waals surface area contributed by atoms with Crippen LogP contribution in [0.25, 0.3) is 44.3 Å². The molecule has 0 bridgehead atoms. The smallest absolute Gasteiger partial charge is 0.183 e. The van der Waals surface area contributed by atoms with Gasteiger partial charge in [-0.3, -0.25) is 4.98 Å². The van der Waals surface area contributed by atoms with Gasteiger partial charge >= 0.3 is 0 Å². The molecule has 5 rings (SSSR count). The van der Waals surface area contributed by atoms with Gasteiger partial charge in [-0.2, -0.15) is 5.10 Å². The fourth-order valence-electron chi connectivity index (χ4n) is 3.70. The molecule has 0 saturated heterocycles. The second-order valence-corrected chi connectivity index (χ2v) is 6.90. The number of nitrogens with zero attached hydrogens (tertiary/aromatic N) is 5. The summed E-state index contributed by atoms with van der Waals surface area (Å²) in [4.78, 5) is 8.86. The molecule has 0 N–H and O–H groups in total. The number of methoxy groups -OCH3 is 1. The number of aryl methyl sites for hydroxylation is 1. The van der Waals surface area contributed by atoms with Crippen LogP contribution in [0.4, 0.5) is 4.39 Å². The van der Waals surface area contributed by atoms with Gasteiger partial charge in [-0.1, -0.05) is 12.1 Å². The highest BCUT2D eigenvalue weighted by molar-refractivity contribution is 5.92. The van der Waals surface area contributed by atoms with Crippen molar-refractivity contribution >= 4 is 22.1 Å². The number of pyridine rings is 1. The Labute approximate surface area is 172 Å². The molecular weight excluding hydrogens is 381 g/mol. The first-order chi connectivity index (χ1) is 14.7. The molecule has 0 unspecified atom stereocenters. The van der Waals surface area contributed by atoms with Gasteiger partial charge in [-0.15, -0.1) is 5.10 Å². The molecule has 0 aliphatic carbocycles. The van der Waals surface area contributed by atoms with Gasteiger partial charge in [0, 0.05) is 40.9 Å². The largest absolute Gasteiger partial charge is 0.496 e. The zero-order valence-electron chi connectivity index (χ0n) is 16.5. The molecule has 0 spiro atoms. The molecule has 6 nitrogen and oxygen atoms in total. The van der Waals surface area contributed by atoms with Crippen molar-refractivity contribution in [1.29, 1.82) is 0 Å². The van der Waals surface area contributed by atoms with E-state index in [2.05, 4.69) is 20.2 Å². The van der Waals surface area contributed by atoms with Gasteiger partial charge in [0.05, 0.1) is 25.2 Å². The van der Waals surface area contributed by atoms with Crippen LogP contribution < -0.4 is 4.74 Å². The quantitative estimate of drug-likeness (QED) is 0.431. The van der Waals surface area contributed by atoms with Crippen molar-refractivity contribution < 1.29 is 9.13 Å². The third-order valence-corrected chi connectivity index (χ3v) is 5.24. The van der Waals surface area contributed by atoms with Gasteiger partial charge in [0.2, 0.25) is 0 Å². The van der Waals surface area contributed by atoms with Crippen LogP contribution >= 0.6 is 0 Å². The van der Waals surface area contributed by atoms with Gasteiger partial charge in [-0.05, 0) is 36.8 Å². The number of halogens is 1. The highest BCUT2D eigenvalue weighted by atomic mass is 19.1. The van der Waals surface area contributed by atoms with Crippen molar-refractivity contribution in [3.8, 4) is 28.0 Å². The Balaban J connectivity index is 1.72. The lowest BCUT2D eigenvalue weighted by Crippen LogP contribution is -1.96. The fourth-order valence-corrected chi connectivity index (χ4v) is 3.70. The number of ether oxygens (including phenoxy) is 1. The molecule has 148 valence electrons. The normalized spacial score (nSPS) is 11.3. The number of fused-ring (bicyclic) bond motifs is 2. The van der Waals surface area contributed by atoms with Gasteiger partial charge in [-0.25, -0.2) is 9.37 Å². The Hall–Kier alpha value is -3.87. The zero-order valence-corrected chi connectivity index (χ0v) is 16.5. The summed E-state index contributed by atoms with van der Waals surface area (Å²) in [5, 5.41) is 9.25. The summed E-state index contributed by atoms with van der Waals surface area (Å²) in [7, 11) is 1.57. The lowest BCUT2D eigenvalue weighted by Gasteiger charge is -2.13. The molecule has 0 atom stereocenters. The van der Waals surface area contributed by atoms with E-state index in [1.807, 2.05) is 35.8 Å². The Morgan fingerprint density at radius 1 is 1.03 bits per heavy atom. The molecule has 0 amide bonds. The number of imidazole rings is 1. The van der Waals surface area contributed by atoms with Crippen LogP contribution in [0.1, 0.15) is 6.92 Å². The molecule has 2 aromatic carbocycles. The first kappa shape index (κ1) is 18.2. The van der Waals surface area contributed by atoms with Crippen molar-refractivity contribution in [2.75, 3.05) is 7.11 Å². The highest BCUT2D eigenvalue weighted by Gasteiger charge is 2.16. The first-order valence-corrected chi connectivity index (χ1v) is 9.59. The maximum atomic E-state index is 14.9. The van der Waals surface area contributed by atoms with E-state index in [-0.39, 0.29) is 5.82 Å². The van der Waals surface area contributed by atoms with Crippen molar-refractivity contribution in [3.05, 3.63) is 67.0 Å². The zero-order chi connectivity index (χ0) is 20.7. The summed E-state index contributed by atoms with van der Waals surface area (Å²) in [5.74, 6) is 0.225. The summed E-state index contributed by atoms with van der Waals surface area (Å²) in [6.45, 7) is 2.76. The SMILES string of the molecule is CCn1cnc2c(-c3ccc(F)c(-c4cc5cccnc5cc4OC)c3)cnnc21. The Morgan fingerprint density at radius 2 is 1.93 bits per heavy atom. The minimum absolute atomic E-state index is 0.336. The number of hydrogen-bond donors (Lipinski definition) is 0. The number of aromatic nitrogens is 5. The lowest BCUT2D eigenvalue weighted by molar-refractivity contribution is 0.416. The first-order valence-electron chi connectivity index (χ1n) is 9.59. The van der Waals surface area contributed by atoms with E-state index >= 15 is 0 Å². The number of benzene rings is 2. The van der Waals surface area contributed by atoms with E-state index in [1.54, 1.807) is 38.0 Å². The van der Waals surface area contributed by atoms with E-state index in [1.165, 1.54) is 6.07 Å². The van der Waals surface area contributed by atoms with Gasteiger partial charge in [0.15, 0.2) is 5.65 Å². The van der Waals surface area contributed by atoms with Crippen LogP contribution in [0, 0.1) is 5.82 Å². The second kappa shape index (κ2) is 7.18. The summed E-state index contributed by atoms with van der Waals surface area (Å²) in [6.07, 6.45) is 5.13. The minimum atomic E-state index is -0.336. The van der Waals surface area contributed by atoms with Gasteiger partial charge in [0.1, 0.15) is 17.1 Å². The average molecular weight is 399 g/mol. The number of rotatable bonds is 4. The lowest BCUT2D eigenvalue weighted by atomic mass is 9.97. The van der Waals surface area contributed by atoms with Crippen molar-refractivity contribution in [1.82, 2.24) is 24.7 Å². The molecule has 0 radical (unpaired) electrons. The van der Waals surface area contributed by atoms with Crippen molar-refractivity contribution in [2.24, 2.45) is 0 Å². The number of hydrogen-bond acceptors (Lipinski definition) is 5. The van der Waals surface area contributed by atoms with Crippen LogP contribution in [0.5, 0.6) is 5.75 Å². The maximum Gasteiger partial charge on any atom is 0.183 e. The van der Waals surface area contributed by atoms with Gasteiger partial charge in [0.25, 0.3) is 0 Å². The predicted octanol–water partition coefficient (Wildman–Crippen LogP) is 4.88. The average Bonchev–Trinajstić information content (AvgIpc) is 3.22. The van der Waals surface area contributed by atoms with E-state index in [9.17, 15) is 4.39 Å². The third-order valence-electron chi connectivity index (χ3n) is 5.24. The topological polar surface area (TPSA) is 65.7 Å². The van der Waals surface area contributed by atoms with Crippen LogP contribution in [-0.4, -0.2) is 31.8 Å². The summed E-state index contributed by atoms with van der Waals surface area (Å²) < 4.78 is 22.4. The van der Waals surface area contributed by atoms with Crippen LogP contribution in [0.2, 0.25) is 0 Å². The Kier molecular flexibility index (Phi) is 4.35. The molecule has 0 fully saturated rings. The van der Waals surface area contributed by atoms with Gasteiger partial charge < -0.3 is 9.30 Å². The molecular formula is C23H18FN5O. The van der Waals surface area contributed by atoms with Crippen LogP contribution in [0.3, 0.4) is 0 Å². The van der Waals surface area contributed by atoms with Crippen molar-refractivity contribution in [2.45, 2.75) is 13.5 Å². The molecule has 0 aliphatic heterocycles. The second-order valence-electron chi connectivity index (χ2n) is 6.90. The standard InChI is InChI=1S/C23H18FN5O/c1-3-29-13-26-22-18(12-27-28-23(22)29)14-6-7-19(24)16(9-14)17-10-15-5-4-8-25-20(15)11-21(17)30-2/h4-13H,3H2,1-2H3. The molecule has 0 saturated carbocycles. The summed E-state index contributed by atoms with van der Waals surface area (Å²) in [5.41, 5.74) is 4.94. The molecule has 3 heterocycles. The van der Waals surface area contributed by atoms with Crippen molar-refractivity contribution in [3.63, 3.8) is 0 Å². The summed E-state index contributed by atoms with van der Waals surface area (Å²) in [6, 6.07) is 12.5. The maximum absolute atomic E-state index is 14.9. The van der Waals surface area contributed by atoms with E-state index in [0.29, 0.717) is 22.5 Å². The Bertz CT molecular complexity index is 1400.